The third kappa shape index (κ3) is 4.78. The number of likely N-dealkylation sites (tertiary alicyclic amines) is 1. The molecule has 3 rings (SSSR count). The van der Waals surface area contributed by atoms with Crippen LogP contribution < -0.4 is 0 Å². The number of hydrogen-bond donors (Lipinski definition) is 0. The van der Waals surface area contributed by atoms with Crippen LogP contribution in [0, 0.1) is 0 Å². The second kappa shape index (κ2) is 10.3. The zero-order chi connectivity index (χ0) is 25.8. The van der Waals surface area contributed by atoms with Crippen molar-refractivity contribution in [3.05, 3.63) is 71.8 Å². The Kier molecular flexibility index (Phi) is 7.63. The lowest BCUT2D eigenvalue weighted by atomic mass is 9.62. The molecule has 1 heterocycles. The molecule has 1 fully saturated rings. The van der Waals surface area contributed by atoms with Crippen LogP contribution in [0.1, 0.15) is 56.5 Å². The number of carbonyl (C=O) groups excluding carboxylic acids is 4. The first-order chi connectivity index (χ1) is 16.6. The monoisotopic (exact) mass is 481 g/mol. The van der Waals surface area contributed by atoms with Gasteiger partial charge in [-0.1, -0.05) is 60.7 Å². The Hall–Kier alpha value is -3.68. The van der Waals surface area contributed by atoms with Gasteiger partial charge in [0.15, 0.2) is 5.78 Å². The first kappa shape index (κ1) is 25.9. The quantitative estimate of drug-likeness (QED) is 0.254. The van der Waals surface area contributed by atoms with Crippen molar-refractivity contribution in [2.45, 2.75) is 57.7 Å². The van der Waals surface area contributed by atoms with Gasteiger partial charge in [0.1, 0.15) is 11.6 Å². The molecule has 1 amide bonds. The lowest BCUT2D eigenvalue weighted by molar-refractivity contribution is -0.193. The summed E-state index contributed by atoms with van der Waals surface area (Å²) in [4.78, 5) is 55.3. The van der Waals surface area contributed by atoms with Crippen molar-refractivity contribution in [2.75, 3.05) is 13.2 Å². The van der Waals surface area contributed by atoms with Crippen molar-refractivity contribution in [1.82, 2.24) is 4.90 Å². The Morgan fingerprint density at radius 2 is 1.31 bits per heavy atom. The van der Waals surface area contributed by atoms with Crippen LogP contribution in [0.5, 0.6) is 0 Å². The Bertz CT molecular complexity index is 1060. The highest BCUT2D eigenvalue weighted by Crippen LogP contribution is 2.52. The summed E-state index contributed by atoms with van der Waals surface area (Å²) in [7, 11) is 0. The summed E-state index contributed by atoms with van der Waals surface area (Å²) < 4.78 is 16.2. The largest absolute Gasteiger partial charge is 0.464 e. The third-order valence-corrected chi connectivity index (χ3v) is 5.67. The topological polar surface area (TPSA) is 99.2 Å². The van der Waals surface area contributed by atoms with Gasteiger partial charge in [0.25, 0.3) is 5.54 Å². The van der Waals surface area contributed by atoms with E-state index in [1.165, 1.54) is 0 Å². The average molecular weight is 482 g/mol. The van der Waals surface area contributed by atoms with E-state index in [4.69, 9.17) is 14.2 Å². The maximum absolute atomic E-state index is 13.8. The van der Waals surface area contributed by atoms with Gasteiger partial charge in [-0.25, -0.2) is 14.4 Å². The number of Topliss-reactive ketones (excluding diaryl/α,β-unsaturated/α-hetero) is 1. The second-order valence-electron chi connectivity index (χ2n) is 9.12. The van der Waals surface area contributed by atoms with E-state index in [0.29, 0.717) is 11.1 Å². The fraction of sp³-hybridized carbons (Fsp3) is 0.407. The summed E-state index contributed by atoms with van der Waals surface area (Å²) in [5.74, 6) is -3.44. The molecule has 1 aliphatic rings. The van der Waals surface area contributed by atoms with Gasteiger partial charge >= 0.3 is 18.0 Å². The molecule has 0 saturated carbocycles. The highest BCUT2D eigenvalue weighted by molar-refractivity contribution is 6.16. The lowest BCUT2D eigenvalue weighted by Gasteiger charge is -2.58. The number of carbonyl (C=O) groups is 4. The SMILES string of the molecule is CCOC(=O)C1(C(=O)OCC)[C@H](c2ccccc2)[C@@H](C(=O)c2ccccc2)N1C(=O)OC(C)(C)C. The maximum Gasteiger partial charge on any atom is 0.412 e. The van der Waals surface area contributed by atoms with Crippen molar-refractivity contribution in [2.24, 2.45) is 0 Å². The predicted molar refractivity (Wildman–Crippen MR) is 128 cm³/mol. The summed E-state index contributed by atoms with van der Waals surface area (Å²) in [6, 6.07) is 15.8. The number of hydrogen-bond acceptors (Lipinski definition) is 7. The minimum atomic E-state index is -2.23. The Balaban J connectivity index is 2.28. The molecule has 0 spiro atoms. The van der Waals surface area contributed by atoms with Crippen LogP contribution in [-0.2, 0) is 23.8 Å². The number of amides is 1. The third-order valence-electron chi connectivity index (χ3n) is 5.67. The number of ketones is 1. The average Bonchev–Trinajstić information content (AvgIpc) is 2.79. The molecule has 0 N–H and O–H groups in total. The smallest absolute Gasteiger partial charge is 0.412 e. The number of benzene rings is 2. The highest BCUT2D eigenvalue weighted by atomic mass is 16.6. The zero-order valence-corrected chi connectivity index (χ0v) is 20.6. The molecule has 1 saturated heterocycles. The van der Waals surface area contributed by atoms with E-state index in [0.717, 1.165) is 4.90 Å². The highest BCUT2D eigenvalue weighted by Gasteiger charge is 2.76. The summed E-state index contributed by atoms with van der Waals surface area (Å²) in [5, 5.41) is 0. The van der Waals surface area contributed by atoms with Gasteiger partial charge in [-0.3, -0.25) is 9.69 Å². The van der Waals surface area contributed by atoms with E-state index in [-0.39, 0.29) is 13.2 Å². The number of esters is 2. The molecule has 0 bridgehead atoms. The molecule has 8 heteroatoms. The predicted octanol–water partition coefficient (Wildman–Crippen LogP) is 4.14. The van der Waals surface area contributed by atoms with Crippen molar-refractivity contribution < 1.29 is 33.4 Å². The molecular weight excluding hydrogens is 450 g/mol. The van der Waals surface area contributed by atoms with E-state index < -0.39 is 46.9 Å². The van der Waals surface area contributed by atoms with Crippen molar-refractivity contribution >= 4 is 23.8 Å². The summed E-state index contributed by atoms with van der Waals surface area (Å²) in [6.45, 7) is 8.08. The van der Waals surface area contributed by atoms with Gasteiger partial charge in [0.2, 0.25) is 0 Å². The molecule has 8 nitrogen and oxygen atoms in total. The molecule has 0 radical (unpaired) electrons. The van der Waals surface area contributed by atoms with Crippen molar-refractivity contribution in [3.8, 4) is 0 Å². The molecule has 2 aromatic carbocycles. The van der Waals surface area contributed by atoms with E-state index in [1.54, 1.807) is 95.3 Å². The molecule has 2 aromatic rings. The van der Waals surface area contributed by atoms with E-state index in [1.807, 2.05) is 0 Å². The van der Waals surface area contributed by atoms with Crippen LogP contribution in [0.15, 0.2) is 60.7 Å². The molecule has 0 aliphatic carbocycles. The van der Waals surface area contributed by atoms with Gasteiger partial charge in [-0.2, -0.15) is 0 Å². The van der Waals surface area contributed by atoms with Crippen LogP contribution in [0.3, 0.4) is 0 Å². The fourth-order valence-corrected chi connectivity index (χ4v) is 4.38. The fourth-order valence-electron chi connectivity index (χ4n) is 4.38. The maximum atomic E-state index is 13.8. The number of nitrogens with zero attached hydrogens (tertiary/aromatic N) is 1. The van der Waals surface area contributed by atoms with Crippen molar-refractivity contribution in [1.29, 1.82) is 0 Å². The van der Waals surface area contributed by atoms with E-state index in [9.17, 15) is 19.2 Å². The van der Waals surface area contributed by atoms with Crippen molar-refractivity contribution in [3.63, 3.8) is 0 Å². The molecule has 0 unspecified atom stereocenters. The number of ether oxygens (including phenoxy) is 3. The van der Waals surface area contributed by atoms with Crippen LogP contribution in [0.25, 0.3) is 0 Å². The summed E-state index contributed by atoms with van der Waals surface area (Å²) in [5.41, 5.74) is -2.34. The van der Waals surface area contributed by atoms with E-state index in [2.05, 4.69) is 0 Å². The van der Waals surface area contributed by atoms with Gasteiger partial charge in [0.05, 0.1) is 19.1 Å². The molecule has 186 valence electrons. The summed E-state index contributed by atoms with van der Waals surface area (Å²) in [6.07, 6.45) is -0.986. The molecule has 2 atom stereocenters. The van der Waals surface area contributed by atoms with Gasteiger partial charge < -0.3 is 14.2 Å². The van der Waals surface area contributed by atoms with Gasteiger partial charge in [-0.05, 0) is 40.2 Å². The summed E-state index contributed by atoms with van der Waals surface area (Å²) >= 11 is 0. The molecule has 0 aromatic heterocycles. The standard InChI is InChI=1S/C27H31NO7/c1-6-33-23(30)27(24(31)34-7-2)20(18-14-10-8-11-15-18)21(22(29)19-16-12-9-13-17-19)28(27)25(32)35-26(3,4)5/h8-17,20-21H,6-7H2,1-5H3/t20-,21+/m1/s1. The zero-order valence-electron chi connectivity index (χ0n) is 20.6. The molecule has 35 heavy (non-hydrogen) atoms. The minimum absolute atomic E-state index is 0.0407. The number of rotatable bonds is 7. The van der Waals surface area contributed by atoms with Gasteiger partial charge in [0, 0.05) is 5.56 Å². The Labute approximate surface area is 205 Å². The Morgan fingerprint density at radius 3 is 1.77 bits per heavy atom. The minimum Gasteiger partial charge on any atom is -0.464 e. The first-order valence-corrected chi connectivity index (χ1v) is 11.6. The van der Waals surface area contributed by atoms with Crippen LogP contribution >= 0.6 is 0 Å². The van der Waals surface area contributed by atoms with Crippen LogP contribution in [0.2, 0.25) is 0 Å². The normalized spacial score (nSPS) is 18.7. The van der Waals surface area contributed by atoms with Gasteiger partial charge in [-0.15, -0.1) is 0 Å². The Morgan fingerprint density at radius 1 is 0.829 bits per heavy atom. The van der Waals surface area contributed by atoms with E-state index >= 15 is 0 Å². The van der Waals surface area contributed by atoms with Crippen LogP contribution in [0.4, 0.5) is 4.79 Å². The second-order valence-corrected chi connectivity index (χ2v) is 9.12. The molecule has 1 aliphatic heterocycles. The lowest BCUT2D eigenvalue weighted by Crippen LogP contribution is -2.82. The van der Waals surface area contributed by atoms with Crippen LogP contribution in [-0.4, -0.2) is 59.1 Å². The molecular formula is C27H31NO7. The first-order valence-electron chi connectivity index (χ1n) is 11.6.